The molecule has 0 aliphatic heterocycles. The average molecular weight is 174 g/mol. The molecule has 1 aromatic carbocycles. The van der Waals surface area contributed by atoms with Crippen molar-refractivity contribution in [3.8, 4) is 11.8 Å². The Morgan fingerprint density at radius 2 is 1.85 bits per heavy atom. The zero-order valence-corrected chi connectivity index (χ0v) is 7.66. The molecular formula is C12H14O. The van der Waals surface area contributed by atoms with Gasteiger partial charge in [-0.1, -0.05) is 36.3 Å². The quantitative estimate of drug-likeness (QED) is 0.549. The van der Waals surface area contributed by atoms with Gasteiger partial charge in [0.25, 0.3) is 0 Å². The van der Waals surface area contributed by atoms with E-state index in [-0.39, 0.29) is 6.61 Å². The van der Waals surface area contributed by atoms with Gasteiger partial charge in [-0.2, -0.15) is 0 Å². The largest absolute Gasteiger partial charge is 0.396 e. The summed E-state index contributed by atoms with van der Waals surface area (Å²) in [4.78, 5) is 0. The monoisotopic (exact) mass is 174 g/mol. The van der Waals surface area contributed by atoms with Gasteiger partial charge < -0.3 is 5.11 Å². The van der Waals surface area contributed by atoms with Gasteiger partial charge in [0.1, 0.15) is 0 Å². The Kier molecular flexibility index (Phi) is 4.74. The predicted molar refractivity (Wildman–Crippen MR) is 54.2 cm³/mol. The molecule has 1 nitrogen and oxygen atoms in total. The summed E-state index contributed by atoms with van der Waals surface area (Å²) in [7, 11) is 0. The Balaban J connectivity index is 2.29. The lowest BCUT2D eigenvalue weighted by Gasteiger charge is -1.91. The van der Waals surface area contributed by atoms with E-state index < -0.39 is 0 Å². The van der Waals surface area contributed by atoms with Gasteiger partial charge in [-0.05, 0) is 12.0 Å². The molecule has 1 rings (SSSR count). The zero-order valence-electron chi connectivity index (χ0n) is 7.66. The molecule has 68 valence electrons. The normalized spacial score (nSPS) is 9.00. The summed E-state index contributed by atoms with van der Waals surface area (Å²) in [5.74, 6) is 6.10. The third-order valence-corrected chi connectivity index (χ3v) is 1.72. The molecule has 0 heterocycles. The predicted octanol–water partition coefficient (Wildman–Crippen LogP) is 2.00. The van der Waals surface area contributed by atoms with E-state index in [4.69, 9.17) is 5.11 Å². The zero-order chi connectivity index (χ0) is 9.36. The molecule has 1 N–H and O–H groups in total. The van der Waals surface area contributed by atoms with Crippen molar-refractivity contribution in [2.45, 2.75) is 19.3 Å². The molecule has 0 radical (unpaired) electrons. The van der Waals surface area contributed by atoms with Crippen molar-refractivity contribution >= 4 is 0 Å². The molecule has 0 saturated heterocycles. The van der Waals surface area contributed by atoms with Crippen LogP contribution in [0.2, 0.25) is 0 Å². The van der Waals surface area contributed by atoms with Gasteiger partial charge in [-0.15, -0.1) is 5.92 Å². The standard InChI is InChI=1S/C12H14O/c13-11-7-2-1-4-8-12-9-5-3-6-10-12/h3,5-6,9-10,13H,2,7-8,11H2. The minimum atomic E-state index is 0.236. The Bertz CT molecular complexity index is 279. The lowest BCUT2D eigenvalue weighted by molar-refractivity contribution is 0.290. The summed E-state index contributed by atoms with van der Waals surface area (Å²) in [5, 5.41) is 8.51. The summed E-state index contributed by atoms with van der Waals surface area (Å²) >= 11 is 0. The van der Waals surface area contributed by atoms with Gasteiger partial charge >= 0.3 is 0 Å². The van der Waals surface area contributed by atoms with Gasteiger partial charge in [-0.3, -0.25) is 0 Å². The first-order valence-electron chi connectivity index (χ1n) is 4.54. The third-order valence-electron chi connectivity index (χ3n) is 1.72. The van der Waals surface area contributed by atoms with Crippen molar-refractivity contribution in [2.75, 3.05) is 6.61 Å². The molecule has 0 aliphatic rings. The van der Waals surface area contributed by atoms with Gasteiger partial charge in [0.05, 0.1) is 0 Å². The maximum Gasteiger partial charge on any atom is 0.0440 e. The van der Waals surface area contributed by atoms with Crippen molar-refractivity contribution < 1.29 is 5.11 Å². The Hall–Kier alpha value is -1.26. The molecule has 0 unspecified atom stereocenters. The number of hydrogen-bond acceptors (Lipinski definition) is 1. The third kappa shape index (κ3) is 4.35. The van der Waals surface area contributed by atoms with Crippen LogP contribution in [0.1, 0.15) is 18.4 Å². The molecule has 1 heteroatoms. The molecule has 1 aromatic rings. The van der Waals surface area contributed by atoms with Crippen LogP contribution in [0, 0.1) is 11.8 Å². The number of hydrogen-bond donors (Lipinski definition) is 1. The smallest absolute Gasteiger partial charge is 0.0440 e. The van der Waals surface area contributed by atoms with Crippen LogP contribution in [0.4, 0.5) is 0 Å². The molecule has 0 bridgehead atoms. The first-order valence-corrected chi connectivity index (χ1v) is 4.54. The minimum Gasteiger partial charge on any atom is -0.396 e. The van der Waals surface area contributed by atoms with Crippen molar-refractivity contribution in [3.05, 3.63) is 35.9 Å². The molecule has 0 spiro atoms. The topological polar surface area (TPSA) is 20.2 Å². The lowest BCUT2D eigenvalue weighted by Crippen LogP contribution is -1.81. The van der Waals surface area contributed by atoms with Crippen LogP contribution in [-0.2, 0) is 6.42 Å². The average Bonchev–Trinajstić information content (AvgIpc) is 2.19. The number of rotatable bonds is 3. The van der Waals surface area contributed by atoms with E-state index in [1.54, 1.807) is 0 Å². The Labute approximate surface area is 79.4 Å². The van der Waals surface area contributed by atoms with E-state index in [0.717, 1.165) is 19.3 Å². The fraction of sp³-hybridized carbons (Fsp3) is 0.333. The van der Waals surface area contributed by atoms with Crippen LogP contribution in [0.3, 0.4) is 0 Å². The molecule has 0 saturated carbocycles. The van der Waals surface area contributed by atoms with Gasteiger partial charge in [-0.25, -0.2) is 0 Å². The van der Waals surface area contributed by atoms with E-state index >= 15 is 0 Å². The molecular weight excluding hydrogens is 160 g/mol. The number of aliphatic hydroxyl groups excluding tert-OH is 1. The molecule has 13 heavy (non-hydrogen) atoms. The fourth-order valence-corrected chi connectivity index (χ4v) is 1.02. The first kappa shape index (κ1) is 9.83. The second-order valence-electron chi connectivity index (χ2n) is 2.84. The second-order valence-corrected chi connectivity index (χ2v) is 2.84. The molecule has 0 aromatic heterocycles. The van der Waals surface area contributed by atoms with Crippen molar-refractivity contribution in [3.63, 3.8) is 0 Å². The van der Waals surface area contributed by atoms with Crippen LogP contribution in [0.5, 0.6) is 0 Å². The van der Waals surface area contributed by atoms with Crippen LogP contribution in [0.25, 0.3) is 0 Å². The van der Waals surface area contributed by atoms with Crippen LogP contribution < -0.4 is 0 Å². The molecule has 0 fully saturated rings. The van der Waals surface area contributed by atoms with Crippen molar-refractivity contribution in [2.24, 2.45) is 0 Å². The highest BCUT2D eigenvalue weighted by molar-refractivity contribution is 5.20. The van der Waals surface area contributed by atoms with E-state index in [1.807, 2.05) is 18.2 Å². The summed E-state index contributed by atoms with van der Waals surface area (Å²) in [6, 6.07) is 10.2. The summed E-state index contributed by atoms with van der Waals surface area (Å²) < 4.78 is 0. The van der Waals surface area contributed by atoms with Gasteiger partial charge in [0.2, 0.25) is 0 Å². The van der Waals surface area contributed by atoms with Crippen LogP contribution in [-0.4, -0.2) is 11.7 Å². The van der Waals surface area contributed by atoms with Gasteiger partial charge in [0.15, 0.2) is 0 Å². The number of unbranched alkanes of at least 4 members (excludes halogenated alkanes) is 1. The second kappa shape index (κ2) is 6.28. The van der Waals surface area contributed by atoms with E-state index in [1.165, 1.54) is 5.56 Å². The first-order chi connectivity index (χ1) is 6.43. The fourth-order valence-electron chi connectivity index (χ4n) is 1.02. The summed E-state index contributed by atoms with van der Waals surface area (Å²) in [5.41, 5.74) is 1.25. The Morgan fingerprint density at radius 1 is 1.08 bits per heavy atom. The summed E-state index contributed by atoms with van der Waals surface area (Å²) in [6.07, 6.45) is 2.39. The SMILES string of the molecule is OCCCC#CCc1ccccc1. The highest BCUT2D eigenvalue weighted by atomic mass is 16.2. The van der Waals surface area contributed by atoms with Crippen LogP contribution >= 0.6 is 0 Å². The molecule has 0 aliphatic carbocycles. The Morgan fingerprint density at radius 3 is 2.54 bits per heavy atom. The van der Waals surface area contributed by atoms with Crippen molar-refractivity contribution in [1.29, 1.82) is 0 Å². The number of aliphatic hydroxyl groups is 1. The maximum absolute atomic E-state index is 8.51. The highest BCUT2D eigenvalue weighted by Crippen LogP contribution is 1.98. The summed E-state index contributed by atoms with van der Waals surface area (Å²) in [6.45, 7) is 0.236. The van der Waals surface area contributed by atoms with E-state index in [0.29, 0.717) is 0 Å². The van der Waals surface area contributed by atoms with Gasteiger partial charge in [0, 0.05) is 19.4 Å². The minimum absolute atomic E-state index is 0.236. The molecule has 0 atom stereocenters. The number of benzene rings is 1. The van der Waals surface area contributed by atoms with Crippen LogP contribution in [0.15, 0.2) is 30.3 Å². The lowest BCUT2D eigenvalue weighted by atomic mass is 10.1. The maximum atomic E-state index is 8.51. The molecule has 0 amide bonds. The highest BCUT2D eigenvalue weighted by Gasteiger charge is 1.84. The van der Waals surface area contributed by atoms with Crippen molar-refractivity contribution in [1.82, 2.24) is 0 Å². The van der Waals surface area contributed by atoms with E-state index in [9.17, 15) is 0 Å². The van der Waals surface area contributed by atoms with E-state index in [2.05, 4.69) is 24.0 Å².